The van der Waals surface area contributed by atoms with Crippen LogP contribution in [0.4, 0.5) is 0 Å². The lowest BCUT2D eigenvalue weighted by Crippen LogP contribution is -2.54. The number of rotatable bonds is 5. The van der Waals surface area contributed by atoms with Gasteiger partial charge < -0.3 is 10.2 Å². The molecule has 1 atom stereocenters. The highest BCUT2D eigenvalue weighted by Crippen LogP contribution is 2.39. The molecule has 2 heterocycles. The fourth-order valence-electron chi connectivity index (χ4n) is 4.01. The average Bonchev–Trinajstić information content (AvgIpc) is 3.19. The maximum absolute atomic E-state index is 12.6. The van der Waals surface area contributed by atoms with Crippen molar-refractivity contribution < 1.29 is 9.59 Å². The quantitative estimate of drug-likeness (QED) is 0.797. The van der Waals surface area contributed by atoms with Crippen LogP contribution in [-0.2, 0) is 11.2 Å². The number of likely N-dealkylation sites (tertiary alicyclic amines) is 1. The topological polar surface area (TPSA) is 61.4 Å². The van der Waals surface area contributed by atoms with E-state index in [9.17, 15) is 9.59 Å². The van der Waals surface area contributed by atoms with Gasteiger partial charge >= 0.3 is 0 Å². The zero-order valence-electron chi connectivity index (χ0n) is 16.5. The molecule has 4 rings (SSSR count). The summed E-state index contributed by atoms with van der Waals surface area (Å²) in [6.07, 6.45) is 2.57. The van der Waals surface area contributed by atoms with Crippen LogP contribution in [0, 0.1) is 0 Å². The molecule has 2 aromatic carbocycles. The lowest BCUT2D eigenvalue weighted by Gasteiger charge is -2.39. The van der Waals surface area contributed by atoms with E-state index in [0.29, 0.717) is 6.54 Å². The summed E-state index contributed by atoms with van der Waals surface area (Å²) in [5.74, 6) is 0.954. The van der Waals surface area contributed by atoms with E-state index in [0.717, 1.165) is 43.7 Å². The zero-order valence-corrected chi connectivity index (χ0v) is 17.3. The number of amides is 2. The third-order valence-corrected chi connectivity index (χ3v) is 7.29. The SMILES string of the molecule is O=C(NCCc1ccccc1)C1CSC2(CCN(C(=O)c3ccccc3)CC2)N1. The number of carbonyl (C=O) groups is 2. The van der Waals surface area contributed by atoms with Crippen molar-refractivity contribution in [3.8, 4) is 0 Å². The van der Waals surface area contributed by atoms with Gasteiger partial charge in [-0.3, -0.25) is 14.9 Å². The lowest BCUT2D eigenvalue weighted by molar-refractivity contribution is -0.122. The molecule has 0 aliphatic carbocycles. The molecule has 0 saturated carbocycles. The van der Waals surface area contributed by atoms with Crippen LogP contribution in [-0.4, -0.2) is 53.0 Å². The van der Waals surface area contributed by atoms with Crippen molar-refractivity contribution in [3.05, 3.63) is 71.8 Å². The molecule has 2 saturated heterocycles. The molecule has 1 spiro atoms. The Morgan fingerprint density at radius 2 is 1.69 bits per heavy atom. The molecule has 2 aliphatic heterocycles. The Morgan fingerprint density at radius 1 is 1.03 bits per heavy atom. The minimum absolute atomic E-state index is 0.0769. The van der Waals surface area contributed by atoms with Crippen molar-refractivity contribution in [2.45, 2.75) is 30.2 Å². The Labute approximate surface area is 176 Å². The van der Waals surface area contributed by atoms with Crippen LogP contribution in [0.1, 0.15) is 28.8 Å². The molecule has 2 aliphatic rings. The van der Waals surface area contributed by atoms with Crippen molar-refractivity contribution >= 4 is 23.6 Å². The van der Waals surface area contributed by atoms with Crippen molar-refractivity contribution in [1.82, 2.24) is 15.5 Å². The maximum atomic E-state index is 12.6. The molecule has 0 aromatic heterocycles. The number of nitrogens with zero attached hydrogens (tertiary/aromatic N) is 1. The normalized spacial score (nSPS) is 20.6. The average molecular weight is 410 g/mol. The first-order chi connectivity index (χ1) is 14.2. The van der Waals surface area contributed by atoms with E-state index in [2.05, 4.69) is 22.8 Å². The van der Waals surface area contributed by atoms with Crippen LogP contribution in [0.15, 0.2) is 60.7 Å². The first-order valence-corrected chi connectivity index (χ1v) is 11.2. The van der Waals surface area contributed by atoms with Gasteiger partial charge in [0.05, 0.1) is 10.9 Å². The van der Waals surface area contributed by atoms with Crippen molar-refractivity contribution in [2.75, 3.05) is 25.4 Å². The molecular formula is C23H27N3O2S. The molecule has 0 radical (unpaired) electrons. The van der Waals surface area contributed by atoms with E-state index in [4.69, 9.17) is 0 Å². The van der Waals surface area contributed by atoms with Gasteiger partial charge in [0.2, 0.25) is 5.91 Å². The second-order valence-electron chi connectivity index (χ2n) is 7.69. The van der Waals surface area contributed by atoms with Crippen LogP contribution in [0.2, 0.25) is 0 Å². The van der Waals surface area contributed by atoms with Gasteiger partial charge in [-0.1, -0.05) is 48.5 Å². The van der Waals surface area contributed by atoms with Crippen molar-refractivity contribution in [2.24, 2.45) is 0 Å². The Balaban J connectivity index is 1.24. The predicted molar refractivity (Wildman–Crippen MR) is 117 cm³/mol. The molecule has 2 N–H and O–H groups in total. The molecule has 6 heteroatoms. The Kier molecular flexibility index (Phi) is 6.21. The largest absolute Gasteiger partial charge is 0.354 e. The van der Waals surface area contributed by atoms with Crippen molar-refractivity contribution in [3.63, 3.8) is 0 Å². The van der Waals surface area contributed by atoms with E-state index < -0.39 is 0 Å². The molecule has 29 heavy (non-hydrogen) atoms. The fraction of sp³-hybridized carbons (Fsp3) is 0.391. The summed E-state index contributed by atoms with van der Waals surface area (Å²) >= 11 is 1.83. The van der Waals surface area contributed by atoms with E-state index >= 15 is 0 Å². The van der Waals surface area contributed by atoms with Gasteiger partial charge in [0, 0.05) is 31.0 Å². The van der Waals surface area contributed by atoms with Gasteiger partial charge in [-0.05, 0) is 37.0 Å². The summed E-state index contributed by atoms with van der Waals surface area (Å²) in [4.78, 5) is 27.1. The summed E-state index contributed by atoms with van der Waals surface area (Å²) in [6.45, 7) is 2.09. The molecule has 2 fully saturated rings. The van der Waals surface area contributed by atoms with Crippen LogP contribution in [0.25, 0.3) is 0 Å². The number of piperidine rings is 1. The number of hydrogen-bond donors (Lipinski definition) is 2. The number of carbonyl (C=O) groups excluding carboxylic acids is 2. The second kappa shape index (κ2) is 9.01. The van der Waals surface area contributed by atoms with E-state index in [1.807, 2.05) is 65.2 Å². The number of nitrogens with one attached hydrogen (secondary N) is 2. The number of benzene rings is 2. The predicted octanol–water partition coefficient (Wildman–Crippen LogP) is 2.68. The van der Waals surface area contributed by atoms with Gasteiger partial charge in [-0.25, -0.2) is 0 Å². The smallest absolute Gasteiger partial charge is 0.253 e. The molecule has 1 unspecified atom stereocenters. The van der Waals surface area contributed by atoms with Gasteiger partial charge in [0.15, 0.2) is 0 Å². The third kappa shape index (κ3) is 4.82. The first-order valence-electron chi connectivity index (χ1n) is 10.2. The van der Waals surface area contributed by atoms with E-state index in [1.54, 1.807) is 0 Å². The molecule has 2 aromatic rings. The highest BCUT2D eigenvalue weighted by atomic mass is 32.2. The summed E-state index contributed by atoms with van der Waals surface area (Å²) in [5, 5.41) is 6.63. The molecule has 5 nitrogen and oxygen atoms in total. The summed E-state index contributed by atoms with van der Waals surface area (Å²) in [5.41, 5.74) is 1.97. The minimum Gasteiger partial charge on any atom is -0.354 e. The third-order valence-electron chi connectivity index (χ3n) is 5.71. The summed E-state index contributed by atoms with van der Waals surface area (Å²) in [6, 6.07) is 19.5. The Morgan fingerprint density at radius 3 is 2.38 bits per heavy atom. The molecule has 0 bridgehead atoms. The Hall–Kier alpha value is -2.31. The van der Waals surface area contributed by atoms with Crippen LogP contribution >= 0.6 is 11.8 Å². The van der Waals surface area contributed by atoms with Crippen LogP contribution in [0.3, 0.4) is 0 Å². The lowest BCUT2D eigenvalue weighted by atomic mass is 10.0. The van der Waals surface area contributed by atoms with Crippen molar-refractivity contribution in [1.29, 1.82) is 0 Å². The highest BCUT2D eigenvalue weighted by Gasteiger charge is 2.44. The zero-order chi connectivity index (χ0) is 20.1. The van der Waals surface area contributed by atoms with E-state index in [-0.39, 0.29) is 22.7 Å². The van der Waals surface area contributed by atoms with Gasteiger partial charge in [0.1, 0.15) is 0 Å². The fourth-order valence-corrected chi connectivity index (χ4v) is 5.42. The standard InChI is InChI=1S/C23H27N3O2S/c27-21(24-14-11-18-7-3-1-4-8-18)20-17-29-23(25-20)12-15-26(16-13-23)22(28)19-9-5-2-6-10-19/h1-10,20,25H,11-17H2,(H,24,27). The Bertz CT molecular complexity index is 836. The van der Waals surface area contributed by atoms with Gasteiger partial charge in [0.25, 0.3) is 5.91 Å². The maximum Gasteiger partial charge on any atom is 0.253 e. The van der Waals surface area contributed by atoms with Gasteiger partial charge in [-0.2, -0.15) is 0 Å². The minimum atomic E-state index is -0.160. The second-order valence-corrected chi connectivity index (χ2v) is 9.09. The highest BCUT2D eigenvalue weighted by molar-refractivity contribution is 8.01. The van der Waals surface area contributed by atoms with Crippen LogP contribution < -0.4 is 10.6 Å². The van der Waals surface area contributed by atoms with Gasteiger partial charge in [-0.15, -0.1) is 11.8 Å². The first kappa shape index (κ1) is 20.0. The van der Waals surface area contributed by atoms with Crippen LogP contribution in [0.5, 0.6) is 0 Å². The molecule has 152 valence electrons. The monoisotopic (exact) mass is 409 g/mol. The summed E-state index contributed by atoms with van der Waals surface area (Å²) in [7, 11) is 0. The molecular weight excluding hydrogens is 382 g/mol. The number of hydrogen-bond acceptors (Lipinski definition) is 4. The molecule has 2 amide bonds. The van der Waals surface area contributed by atoms with E-state index in [1.165, 1.54) is 5.56 Å². The number of thioether (sulfide) groups is 1. The summed E-state index contributed by atoms with van der Waals surface area (Å²) < 4.78 is 0.